The zero-order valence-corrected chi connectivity index (χ0v) is 17.2. The van der Waals surface area contributed by atoms with Crippen LogP contribution in [0.4, 0.5) is 10.1 Å². The lowest BCUT2D eigenvalue weighted by Crippen LogP contribution is -2.53. The summed E-state index contributed by atoms with van der Waals surface area (Å²) in [5.41, 5.74) is 0.471. The molecule has 0 bridgehead atoms. The molecule has 144 valence electrons. The average molecular weight is 362 g/mol. The van der Waals surface area contributed by atoms with Gasteiger partial charge >= 0.3 is 7.12 Å². The van der Waals surface area contributed by atoms with Crippen molar-refractivity contribution in [3.63, 3.8) is 0 Å². The molecule has 2 fully saturated rings. The maximum atomic E-state index is 14.9. The predicted molar refractivity (Wildman–Crippen MR) is 106 cm³/mol. The van der Waals surface area contributed by atoms with Crippen molar-refractivity contribution in [2.75, 3.05) is 31.6 Å². The van der Waals surface area contributed by atoms with Gasteiger partial charge in [-0.15, -0.1) is 0 Å². The molecule has 2 heterocycles. The zero-order chi connectivity index (χ0) is 19.3. The van der Waals surface area contributed by atoms with E-state index < -0.39 is 18.3 Å². The average Bonchev–Trinajstić information content (AvgIpc) is 2.75. The molecule has 0 saturated carbocycles. The number of likely N-dealkylation sites (N-methyl/N-ethyl adjacent to an activating group) is 1. The van der Waals surface area contributed by atoms with Gasteiger partial charge in [-0.05, 0) is 52.8 Å². The largest absolute Gasteiger partial charge is 0.497 e. The predicted octanol–water partition coefficient (Wildman–Crippen LogP) is 2.90. The van der Waals surface area contributed by atoms with Crippen LogP contribution in [0.2, 0.25) is 0 Å². The van der Waals surface area contributed by atoms with Gasteiger partial charge in [0.2, 0.25) is 0 Å². The van der Waals surface area contributed by atoms with Crippen molar-refractivity contribution < 1.29 is 13.7 Å². The number of hydrogen-bond acceptors (Lipinski definition) is 4. The molecule has 0 spiro atoms. The third-order valence-corrected chi connectivity index (χ3v) is 6.32. The number of halogens is 1. The van der Waals surface area contributed by atoms with E-state index in [0.717, 1.165) is 25.3 Å². The van der Waals surface area contributed by atoms with Gasteiger partial charge < -0.3 is 14.2 Å². The fourth-order valence-electron chi connectivity index (χ4n) is 3.73. The smallest absolute Gasteiger partial charge is 0.399 e. The molecule has 0 aromatic heterocycles. The Balaban J connectivity index is 1.79. The second kappa shape index (κ2) is 6.81. The van der Waals surface area contributed by atoms with Crippen LogP contribution in [0.5, 0.6) is 0 Å². The number of benzene rings is 1. The first-order valence-corrected chi connectivity index (χ1v) is 9.62. The fraction of sp³-hybridized carbons (Fsp3) is 0.700. The molecule has 0 radical (unpaired) electrons. The molecule has 2 saturated heterocycles. The van der Waals surface area contributed by atoms with E-state index in [1.165, 1.54) is 0 Å². The molecule has 6 heteroatoms. The van der Waals surface area contributed by atoms with Crippen molar-refractivity contribution in [3.05, 3.63) is 24.0 Å². The Morgan fingerprint density at radius 2 is 1.73 bits per heavy atom. The maximum Gasteiger partial charge on any atom is 0.497 e. The third-order valence-electron chi connectivity index (χ3n) is 6.32. The van der Waals surface area contributed by atoms with E-state index in [1.807, 2.05) is 39.8 Å². The molecular formula is C20H32BFN2O2. The molecule has 26 heavy (non-hydrogen) atoms. The standard InChI is InChI=1S/C20H32BFN2O2/c1-14(2)18-13-24(11-10-23(18)7)15-8-9-16(17(22)12-15)21-25-19(3,4)20(5,6)26-21/h8-9,12,14,18H,10-11,13H2,1-7H3/t18-/m1/s1. The number of piperazine rings is 1. The second-order valence-corrected chi connectivity index (χ2v) is 9.03. The number of hydrogen-bond donors (Lipinski definition) is 0. The summed E-state index contributed by atoms with van der Waals surface area (Å²) in [6.07, 6.45) is 0. The molecule has 0 unspecified atom stereocenters. The minimum Gasteiger partial charge on any atom is -0.399 e. The first-order valence-electron chi connectivity index (χ1n) is 9.62. The minimum atomic E-state index is -0.662. The summed E-state index contributed by atoms with van der Waals surface area (Å²) in [5.74, 6) is 0.303. The zero-order valence-electron chi connectivity index (χ0n) is 17.2. The second-order valence-electron chi connectivity index (χ2n) is 9.03. The first kappa shape index (κ1) is 19.7. The third kappa shape index (κ3) is 3.51. The molecule has 0 N–H and O–H groups in total. The van der Waals surface area contributed by atoms with Crippen LogP contribution in [0.1, 0.15) is 41.5 Å². The van der Waals surface area contributed by atoms with Crippen LogP contribution >= 0.6 is 0 Å². The summed E-state index contributed by atoms with van der Waals surface area (Å²) in [4.78, 5) is 4.68. The van der Waals surface area contributed by atoms with E-state index in [2.05, 4.69) is 30.7 Å². The van der Waals surface area contributed by atoms with Gasteiger partial charge in [-0.1, -0.05) is 19.9 Å². The van der Waals surface area contributed by atoms with Gasteiger partial charge in [0.15, 0.2) is 0 Å². The monoisotopic (exact) mass is 362 g/mol. The summed E-state index contributed by atoms with van der Waals surface area (Å²) < 4.78 is 26.9. The summed E-state index contributed by atoms with van der Waals surface area (Å²) in [6.45, 7) is 15.2. The molecule has 1 atom stereocenters. The summed E-state index contributed by atoms with van der Waals surface area (Å²) in [7, 11) is 1.51. The molecule has 4 nitrogen and oxygen atoms in total. The van der Waals surface area contributed by atoms with E-state index in [1.54, 1.807) is 6.07 Å². The van der Waals surface area contributed by atoms with Crippen LogP contribution in [-0.4, -0.2) is 55.9 Å². The summed E-state index contributed by atoms with van der Waals surface area (Å²) in [5, 5.41) is 0. The van der Waals surface area contributed by atoms with Crippen molar-refractivity contribution in [3.8, 4) is 0 Å². The van der Waals surface area contributed by atoms with Crippen LogP contribution in [0.25, 0.3) is 0 Å². The van der Waals surface area contributed by atoms with Gasteiger partial charge in [-0.25, -0.2) is 4.39 Å². The van der Waals surface area contributed by atoms with Crippen molar-refractivity contribution in [2.24, 2.45) is 5.92 Å². The Labute approximate surface area is 157 Å². The lowest BCUT2D eigenvalue weighted by Gasteiger charge is -2.42. The Hall–Kier alpha value is -1.11. The molecule has 2 aliphatic rings. The van der Waals surface area contributed by atoms with E-state index in [4.69, 9.17) is 9.31 Å². The van der Waals surface area contributed by atoms with Crippen LogP contribution in [0.3, 0.4) is 0 Å². The highest BCUT2D eigenvalue weighted by Gasteiger charge is 2.52. The molecule has 3 rings (SSSR count). The molecular weight excluding hydrogens is 330 g/mol. The van der Waals surface area contributed by atoms with Crippen LogP contribution in [0, 0.1) is 11.7 Å². The van der Waals surface area contributed by atoms with Gasteiger partial charge in [0, 0.05) is 36.8 Å². The number of rotatable bonds is 3. The van der Waals surface area contributed by atoms with Crippen molar-refractivity contribution in [1.82, 2.24) is 4.90 Å². The van der Waals surface area contributed by atoms with Gasteiger partial charge in [-0.2, -0.15) is 0 Å². The van der Waals surface area contributed by atoms with E-state index in [-0.39, 0.29) is 5.82 Å². The normalized spacial score (nSPS) is 26.0. The quantitative estimate of drug-likeness (QED) is 0.772. The number of anilines is 1. The van der Waals surface area contributed by atoms with Crippen LogP contribution in [0.15, 0.2) is 18.2 Å². The highest BCUT2D eigenvalue weighted by atomic mass is 19.1. The first-order chi connectivity index (χ1) is 12.0. The molecule has 0 amide bonds. The van der Waals surface area contributed by atoms with E-state index in [9.17, 15) is 4.39 Å². The van der Waals surface area contributed by atoms with Crippen LogP contribution in [-0.2, 0) is 9.31 Å². The maximum absolute atomic E-state index is 14.9. The van der Waals surface area contributed by atoms with Gasteiger partial charge in [0.1, 0.15) is 5.82 Å². The van der Waals surface area contributed by atoms with Crippen LogP contribution < -0.4 is 10.4 Å². The SMILES string of the molecule is CC(C)[C@H]1CN(c2ccc(B3OC(C)(C)C(C)(C)O3)c(F)c2)CCN1C. The Kier molecular flexibility index (Phi) is 5.14. The minimum absolute atomic E-state index is 0.263. The van der Waals surface area contributed by atoms with Crippen molar-refractivity contribution in [1.29, 1.82) is 0 Å². The van der Waals surface area contributed by atoms with E-state index >= 15 is 0 Å². The Morgan fingerprint density at radius 3 is 2.27 bits per heavy atom. The molecule has 0 aliphatic carbocycles. The van der Waals surface area contributed by atoms with Crippen molar-refractivity contribution >= 4 is 18.3 Å². The van der Waals surface area contributed by atoms with Gasteiger partial charge in [0.25, 0.3) is 0 Å². The molecule has 1 aromatic rings. The highest BCUT2D eigenvalue weighted by molar-refractivity contribution is 6.62. The van der Waals surface area contributed by atoms with Crippen molar-refractivity contribution in [2.45, 2.75) is 58.8 Å². The molecule has 1 aromatic carbocycles. The lowest BCUT2D eigenvalue weighted by atomic mass is 9.78. The van der Waals surface area contributed by atoms with E-state index in [0.29, 0.717) is 17.4 Å². The fourth-order valence-corrected chi connectivity index (χ4v) is 3.73. The topological polar surface area (TPSA) is 24.9 Å². The Morgan fingerprint density at radius 1 is 1.12 bits per heavy atom. The van der Waals surface area contributed by atoms with Gasteiger partial charge in [-0.3, -0.25) is 4.90 Å². The summed E-state index contributed by atoms with van der Waals surface area (Å²) >= 11 is 0. The molecule has 2 aliphatic heterocycles. The van der Waals surface area contributed by atoms with Gasteiger partial charge in [0.05, 0.1) is 11.2 Å². The Bertz CT molecular complexity index is 649. The number of nitrogens with zero attached hydrogens (tertiary/aromatic N) is 2. The lowest BCUT2D eigenvalue weighted by molar-refractivity contribution is 0.00578. The summed E-state index contributed by atoms with van der Waals surface area (Å²) in [6, 6.07) is 5.92. The highest BCUT2D eigenvalue weighted by Crippen LogP contribution is 2.36.